The van der Waals surface area contributed by atoms with Crippen LogP contribution in [0.5, 0.6) is 0 Å². The Labute approximate surface area is 453 Å². The largest absolute Gasteiger partial charge is 0.391 e. The van der Waals surface area contributed by atoms with E-state index in [0.717, 1.165) is 98.5 Å². The average molecular weight is 1070 g/mol. The quantitative estimate of drug-likeness (QED) is 0.0496. The van der Waals surface area contributed by atoms with Gasteiger partial charge in [-0.25, -0.2) is 9.50 Å². The van der Waals surface area contributed by atoms with Crippen molar-refractivity contribution in [3.8, 4) is 38.5 Å². The van der Waals surface area contributed by atoms with Gasteiger partial charge in [-0.1, -0.05) is 88.5 Å². The Kier molecular flexibility index (Phi) is 18.2. The molecule has 4 amide bonds. The summed E-state index contributed by atoms with van der Waals surface area (Å²) < 4.78 is 1.78. The molecule has 76 heavy (non-hydrogen) atoms. The summed E-state index contributed by atoms with van der Waals surface area (Å²) in [5.41, 5.74) is 8.73. The Hall–Kier alpha value is -6.82. The van der Waals surface area contributed by atoms with Crippen LogP contribution in [0.1, 0.15) is 129 Å². The zero-order valence-electron chi connectivity index (χ0n) is 44.7. The van der Waals surface area contributed by atoms with E-state index in [4.69, 9.17) is 4.98 Å². The fourth-order valence-corrected chi connectivity index (χ4v) is 11.6. The summed E-state index contributed by atoms with van der Waals surface area (Å²) in [4.78, 5) is 70.1. The van der Waals surface area contributed by atoms with Gasteiger partial charge in [0.05, 0.1) is 62.5 Å². The molecule has 8 rings (SSSR count). The monoisotopic (exact) mass is 1070 g/mol. The van der Waals surface area contributed by atoms with Crippen molar-refractivity contribution in [1.29, 1.82) is 5.26 Å². The maximum atomic E-state index is 14.1. The van der Waals surface area contributed by atoms with Gasteiger partial charge in [-0.05, 0) is 81.3 Å². The number of hydrogen-bond acceptors (Lipinski definition) is 15. The molecule has 2 aliphatic rings. The summed E-state index contributed by atoms with van der Waals surface area (Å²) in [6.45, 7) is 16.3. The van der Waals surface area contributed by atoms with E-state index in [1.54, 1.807) is 28.1 Å². The molecule has 402 valence electrons. The molecule has 4 N–H and O–H groups in total. The van der Waals surface area contributed by atoms with Crippen molar-refractivity contribution in [2.24, 2.45) is 5.41 Å². The smallest absolute Gasteiger partial charge is 0.246 e. The van der Waals surface area contributed by atoms with Gasteiger partial charge in [-0.15, -0.1) is 21.5 Å². The van der Waals surface area contributed by atoms with Crippen LogP contribution in [0.2, 0.25) is 0 Å². The van der Waals surface area contributed by atoms with E-state index in [1.807, 2.05) is 93.7 Å². The highest BCUT2D eigenvalue weighted by atomic mass is 32.1. The number of carbonyl (C=O) groups is 4. The van der Waals surface area contributed by atoms with Gasteiger partial charge in [0.25, 0.3) is 0 Å². The van der Waals surface area contributed by atoms with Crippen LogP contribution in [0.25, 0.3) is 37.9 Å². The van der Waals surface area contributed by atoms with Crippen LogP contribution in [0.15, 0.2) is 66.4 Å². The summed E-state index contributed by atoms with van der Waals surface area (Å²) in [5, 5.41) is 44.7. The molecule has 20 heteroatoms. The number of piperazine rings is 1. The molecule has 0 bridgehead atoms. The first-order valence-corrected chi connectivity index (χ1v) is 28.3. The molecule has 0 aliphatic carbocycles. The summed E-state index contributed by atoms with van der Waals surface area (Å²) in [6.07, 6.45) is 9.81. The van der Waals surface area contributed by atoms with Crippen molar-refractivity contribution in [1.82, 2.24) is 50.2 Å². The molecular formula is C56H71N13O5S2. The van der Waals surface area contributed by atoms with Gasteiger partial charge in [0.15, 0.2) is 5.01 Å². The normalized spacial score (nSPS) is 16.7. The van der Waals surface area contributed by atoms with Crippen LogP contribution < -0.4 is 20.9 Å². The Balaban J connectivity index is 0.718. The molecule has 2 fully saturated rings. The predicted molar refractivity (Wildman–Crippen MR) is 298 cm³/mol. The van der Waals surface area contributed by atoms with Gasteiger partial charge in [0.2, 0.25) is 28.8 Å². The van der Waals surface area contributed by atoms with Crippen LogP contribution >= 0.6 is 22.7 Å². The van der Waals surface area contributed by atoms with E-state index >= 15 is 0 Å². The lowest BCUT2D eigenvalue weighted by atomic mass is 9.85. The third kappa shape index (κ3) is 13.6. The van der Waals surface area contributed by atoms with Crippen LogP contribution in [0.4, 0.5) is 10.8 Å². The molecule has 5 aromatic heterocycles. The third-order valence-electron chi connectivity index (χ3n) is 14.1. The molecule has 6 aromatic rings. The minimum atomic E-state index is -0.870. The minimum Gasteiger partial charge on any atom is -0.391 e. The van der Waals surface area contributed by atoms with Crippen LogP contribution in [0.3, 0.4) is 0 Å². The number of nitrogens with one attached hydrogen (secondary N) is 3. The fraction of sp³-hybridized carbons (Fsp3) is 0.500. The summed E-state index contributed by atoms with van der Waals surface area (Å²) >= 11 is 3.09. The van der Waals surface area contributed by atoms with Crippen molar-refractivity contribution < 1.29 is 24.3 Å². The van der Waals surface area contributed by atoms with Gasteiger partial charge in [-0.3, -0.25) is 24.2 Å². The van der Waals surface area contributed by atoms with Gasteiger partial charge in [0.1, 0.15) is 18.2 Å². The lowest BCUT2D eigenvalue weighted by Gasteiger charge is -2.35. The van der Waals surface area contributed by atoms with Gasteiger partial charge >= 0.3 is 0 Å². The van der Waals surface area contributed by atoms with Gasteiger partial charge in [0, 0.05) is 69.9 Å². The number of unbranched alkanes of at least 4 members (excludes halogenated alkanes) is 6. The van der Waals surface area contributed by atoms with E-state index in [0.29, 0.717) is 44.6 Å². The molecule has 1 aromatic carbocycles. The van der Waals surface area contributed by atoms with E-state index < -0.39 is 23.6 Å². The first-order chi connectivity index (χ1) is 36.5. The molecule has 0 radical (unpaired) electrons. The number of nitriles is 1. The number of pyridine rings is 1. The first-order valence-electron chi connectivity index (χ1n) is 26.6. The van der Waals surface area contributed by atoms with Gasteiger partial charge < -0.3 is 35.8 Å². The number of β-amino-alcohol motifs (C(OH)–C–C–N with tert-alkyl or cyclic N) is 1. The minimum absolute atomic E-state index is 0.0192. The van der Waals surface area contributed by atoms with Crippen LogP contribution in [0, 0.1) is 23.7 Å². The second-order valence-corrected chi connectivity index (χ2v) is 23.3. The van der Waals surface area contributed by atoms with Crippen molar-refractivity contribution in [3.05, 3.63) is 83.3 Å². The molecule has 0 spiro atoms. The maximum Gasteiger partial charge on any atom is 0.246 e. The van der Waals surface area contributed by atoms with Crippen LogP contribution in [-0.2, 0) is 19.2 Å². The Morgan fingerprint density at radius 2 is 1.58 bits per heavy atom. The number of carbonyl (C=O) groups excluding carboxylic acids is 4. The van der Waals surface area contributed by atoms with E-state index in [-0.39, 0.29) is 55.1 Å². The molecular weight excluding hydrogens is 999 g/mol. The predicted octanol–water partition coefficient (Wildman–Crippen LogP) is 8.57. The molecule has 7 heterocycles. The maximum absolute atomic E-state index is 14.1. The molecule has 1 unspecified atom stereocenters. The van der Waals surface area contributed by atoms with E-state index in [9.17, 15) is 29.5 Å². The molecule has 0 saturated carbocycles. The second-order valence-electron chi connectivity index (χ2n) is 21.4. The highest BCUT2D eigenvalue weighted by Crippen LogP contribution is 2.37. The number of rotatable bonds is 21. The zero-order chi connectivity index (χ0) is 54.1. The zero-order valence-corrected chi connectivity index (χ0v) is 46.3. The highest BCUT2D eigenvalue weighted by molar-refractivity contribution is 7.18. The molecule has 2 saturated heterocycles. The number of thiazole rings is 1. The Morgan fingerprint density at radius 1 is 0.868 bits per heavy atom. The SMILES string of the molecule is Cc1ncsc1-c1ccc([C@H](C)NC(=O)[C@@H]2C[C@@H](O)CN2C(=O)C(NC(=O)CCCCCCCCCC(=O)N2CCN(c3nnc(-c4cnc(-c5ccc6cc(C#N)cnn56)cc4NC(C)C)s3)CC2)C(C)(C)C)cc1. The summed E-state index contributed by atoms with van der Waals surface area (Å²) in [5.74, 6) is -0.743. The topological polar surface area (TPSA) is 227 Å². The van der Waals surface area contributed by atoms with E-state index in [2.05, 4.69) is 61.0 Å². The molecule has 4 atom stereocenters. The van der Waals surface area contributed by atoms with Crippen molar-refractivity contribution in [2.75, 3.05) is 42.9 Å². The molecule has 2 aliphatic heterocycles. The third-order valence-corrected chi connectivity index (χ3v) is 16.1. The number of benzene rings is 1. The lowest BCUT2D eigenvalue weighted by molar-refractivity contribution is -0.144. The summed E-state index contributed by atoms with van der Waals surface area (Å²) in [6, 6.07) is 15.9. The van der Waals surface area contributed by atoms with Crippen LogP contribution in [-0.4, -0.2) is 125 Å². The van der Waals surface area contributed by atoms with Crippen molar-refractivity contribution in [3.63, 3.8) is 0 Å². The van der Waals surface area contributed by atoms with E-state index in [1.165, 1.54) is 16.2 Å². The Morgan fingerprint density at radius 3 is 2.25 bits per heavy atom. The average Bonchev–Trinajstić information content (AvgIpc) is 4.27. The number of aliphatic hydroxyl groups excluding tert-OH is 1. The number of likely N-dealkylation sites (tertiary alicyclic amines) is 1. The first kappa shape index (κ1) is 55.4. The van der Waals surface area contributed by atoms with Crippen molar-refractivity contribution in [2.45, 2.75) is 143 Å². The number of aryl methyl sites for hydroxylation is 1. The Bertz CT molecular complexity index is 3020. The highest BCUT2D eigenvalue weighted by Gasteiger charge is 2.44. The number of aromatic nitrogens is 6. The number of nitrogens with zero attached hydrogens (tertiary/aromatic N) is 10. The molecule has 18 nitrogen and oxygen atoms in total. The van der Waals surface area contributed by atoms with Crippen molar-refractivity contribution >= 4 is 62.6 Å². The standard InChI is InChI=1S/C56H71N13O5S2/c1-35(2)61-44-29-45(46-22-21-41-27-38(30-57)31-60-69(41)46)58-32-43(44)53-64-65-55(76-53)67-25-23-66(24-26-67)49(72)16-14-12-10-8-9-11-13-15-48(71)63-51(56(5,6)7)54(74)68-33-42(70)28-47(68)52(73)62-36(3)39-17-19-40(20-18-39)50-37(4)59-34-75-50/h17-22,27,29,31-32,34-36,42,47,51,70H,8-16,23-26,28,33H2,1-7H3,(H,58,61)(H,62,73)(H,63,71)/t36-,42+,47-,51?/m0/s1. The van der Waals surface area contributed by atoms with Gasteiger partial charge in [-0.2, -0.15) is 10.4 Å². The number of fused-ring (bicyclic) bond motifs is 1. The fourth-order valence-electron chi connectivity index (χ4n) is 9.90. The number of hydrogen-bond donors (Lipinski definition) is 4. The number of amides is 4. The number of aliphatic hydroxyl groups is 1. The lowest BCUT2D eigenvalue weighted by Crippen LogP contribution is -2.57. The second kappa shape index (κ2) is 24.9. The number of anilines is 2. The summed E-state index contributed by atoms with van der Waals surface area (Å²) in [7, 11) is 0.